The first-order valence-electron chi connectivity index (χ1n) is 8.93. The molecule has 6 nitrogen and oxygen atoms in total. The summed E-state index contributed by atoms with van der Waals surface area (Å²) in [7, 11) is 4.37. The molecule has 2 aliphatic carbocycles. The predicted molar refractivity (Wildman–Crippen MR) is 87.4 cm³/mol. The van der Waals surface area contributed by atoms with Crippen LogP contribution >= 0.6 is 0 Å². The fourth-order valence-electron chi connectivity index (χ4n) is 4.23. The Bertz CT molecular complexity index is 542. The molecule has 0 amide bonds. The molecule has 6 heteroatoms. The van der Waals surface area contributed by atoms with Crippen LogP contribution < -0.4 is 4.90 Å². The van der Waals surface area contributed by atoms with Gasteiger partial charge in [-0.05, 0) is 57.5 Å². The molecule has 1 aliphatic heterocycles. The van der Waals surface area contributed by atoms with E-state index in [0.29, 0.717) is 35.9 Å². The van der Waals surface area contributed by atoms with Crippen LogP contribution in [0.15, 0.2) is 4.42 Å². The molecule has 2 saturated carbocycles. The van der Waals surface area contributed by atoms with Crippen molar-refractivity contribution in [1.29, 1.82) is 0 Å². The van der Waals surface area contributed by atoms with Crippen LogP contribution in [-0.2, 0) is 4.74 Å². The van der Waals surface area contributed by atoms with E-state index in [-0.39, 0.29) is 0 Å². The van der Waals surface area contributed by atoms with Gasteiger partial charge in [-0.3, -0.25) is 0 Å². The van der Waals surface area contributed by atoms with Crippen molar-refractivity contribution in [2.24, 2.45) is 17.8 Å². The highest BCUT2D eigenvalue weighted by molar-refractivity contribution is 5.28. The second-order valence-electron chi connectivity index (χ2n) is 7.85. The smallest absolute Gasteiger partial charge is 0.318 e. The van der Waals surface area contributed by atoms with E-state index in [0.717, 1.165) is 32.0 Å². The van der Waals surface area contributed by atoms with Gasteiger partial charge in [0.1, 0.15) is 0 Å². The van der Waals surface area contributed by atoms with Crippen LogP contribution in [-0.4, -0.2) is 61.0 Å². The minimum atomic E-state index is 0.372. The van der Waals surface area contributed by atoms with Gasteiger partial charge >= 0.3 is 6.01 Å². The Morgan fingerprint density at radius 2 is 1.91 bits per heavy atom. The quantitative estimate of drug-likeness (QED) is 0.826. The molecule has 4 rings (SSSR count). The molecule has 3 aliphatic rings. The number of rotatable bonds is 5. The molecule has 1 aromatic rings. The van der Waals surface area contributed by atoms with Crippen LogP contribution in [0.3, 0.4) is 0 Å². The van der Waals surface area contributed by atoms with Gasteiger partial charge in [-0.15, -0.1) is 5.10 Å². The van der Waals surface area contributed by atoms with E-state index in [1.54, 1.807) is 0 Å². The molecule has 1 saturated heterocycles. The van der Waals surface area contributed by atoms with Gasteiger partial charge in [0.05, 0.1) is 6.10 Å². The van der Waals surface area contributed by atoms with Crippen molar-refractivity contribution in [2.75, 3.05) is 38.7 Å². The summed E-state index contributed by atoms with van der Waals surface area (Å²) >= 11 is 0. The molecule has 0 aromatic carbocycles. The van der Waals surface area contributed by atoms with Crippen molar-refractivity contribution >= 4 is 6.01 Å². The number of nitrogens with zero attached hydrogens (tertiary/aromatic N) is 4. The monoisotopic (exact) mass is 320 g/mol. The molecular formula is C17H28N4O2. The number of fused-ring (bicyclic) bond motifs is 1. The average molecular weight is 320 g/mol. The van der Waals surface area contributed by atoms with E-state index in [9.17, 15) is 0 Å². The first-order valence-corrected chi connectivity index (χ1v) is 8.93. The topological polar surface area (TPSA) is 54.6 Å². The molecule has 0 radical (unpaired) electrons. The SMILES string of the molecule is Cc1nnc(N2C[C@H]3C[C@@H](N(C)C)[C@H](OCC4CC4)C[C@H]3C2)o1. The zero-order valence-corrected chi connectivity index (χ0v) is 14.4. The molecule has 0 bridgehead atoms. The fourth-order valence-corrected chi connectivity index (χ4v) is 4.23. The van der Waals surface area contributed by atoms with Gasteiger partial charge < -0.3 is 19.0 Å². The Balaban J connectivity index is 1.43. The lowest BCUT2D eigenvalue weighted by molar-refractivity contribution is -0.0493. The summed E-state index contributed by atoms with van der Waals surface area (Å²) in [6.07, 6.45) is 5.45. The van der Waals surface area contributed by atoms with E-state index in [2.05, 4.69) is 34.1 Å². The van der Waals surface area contributed by atoms with Crippen molar-refractivity contribution in [2.45, 2.75) is 44.8 Å². The van der Waals surface area contributed by atoms with Crippen LogP contribution in [0.25, 0.3) is 0 Å². The molecule has 0 N–H and O–H groups in total. The van der Waals surface area contributed by atoms with Crippen molar-refractivity contribution in [1.82, 2.24) is 15.1 Å². The lowest BCUT2D eigenvalue weighted by atomic mass is 9.77. The number of ether oxygens (including phenoxy) is 1. The maximum absolute atomic E-state index is 6.32. The summed E-state index contributed by atoms with van der Waals surface area (Å²) in [6, 6.07) is 1.22. The van der Waals surface area contributed by atoms with Gasteiger partial charge in [0, 0.05) is 32.7 Å². The van der Waals surface area contributed by atoms with Crippen LogP contribution in [0.5, 0.6) is 0 Å². The van der Waals surface area contributed by atoms with Crippen LogP contribution in [0.4, 0.5) is 6.01 Å². The summed E-state index contributed by atoms with van der Waals surface area (Å²) in [5.74, 6) is 2.86. The summed E-state index contributed by atoms with van der Waals surface area (Å²) in [5, 5.41) is 8.17. The third kappa shape index (κ3) is 3.24. The van der Waals surface area contributed by atoms with E-state index in [1.165, 1.54) is 19.3 Å². The lowest BCUT2D eigenvalue weighted by Gasteiger charge is -2.41. The molecule has 0 unspecified atom stereocenters. The summed E-state index contributed by atoms with van der Waals surface area (Å²) in [4.78, 5) is 4.62. The highest BCUT2D eigenvalue weighted by Gasteiger charge is 2.44. The maximum atomic E-state index is 6.32. The summed E-state index contributed by atoms with van der Waals surface area (Å²) in [6.45, 7) is 4.87. The van der Waals surface area contributed by atoms with Gasteiger partial charge in [0.15, 0.2) is 0 Å². The van der Waals surface area contributed by atoms with E-state index in [1.807, 2.05) is 6.92 Å². The molecular weight excluding hydrogens is 292 g/mol. The minimum absolute atomic E-state index is 0.372. The second-order valence-corrected chi connectivity index (χ2v) is 7.85. The van der Waals surface area contributed by atoms with Crippen LogP contribution in [0.1, 0.15) is 31.6 Å². The molecule has 3 fully saturated rings. The molecule has 0 spiro atoms. The molecule has 1 aromatic heterocycles. The van der Waals surface area contributed by atoms with Crippen LogP contribution in [0.2, 0.25) is 0 Å². The third-order valence-corrected chi connectivity index (χ3v) is 5.78. The van der Waals surface area contributed by atoms with Crippen molar-refractivity contribution in [3.63, 3.8) is 0 Å². The summed E-state index contributed by atoms with van der Waals surface area (Å²) < 4.78 is 11.9. The average Bonchev–Trinajstić information content (AvgIpc) is 3.09. The largest absolute Gasteiger partial charge is 0.408 e. The lowest BCUT2D eigenvalue weighted by Crippen LogP contribution is -2.48. The first-order chi connectivity index (χ1) is 11.1. The Morgan fingerprint density at radius 1 is 1.17 bits per heavy atom. The second kappa shape index (κ2) is 6.06. The van der Waals surface area contributed by atoms with Gasteiger partial charge in [0.2, 0.25) is 5.89 Å². The maximum Gasteiger partial charge on any atom is 0.318 e. The zero-order valence-electron chi connectivity index (χ0n) is 14.4. The van der Waals surface area contributed by atoms with Crippen molar-refractivity contribution in [3.05, 3.63) is 5.89 Å². The Kier molecular flexibility index (Phi) is 4.05. The van der Waals surface area contributed by atoms with Crippen LogP contribution in [0, 0.1) is 24.7 Å². The number of anilines is 1. The number of hydrogen-bond acceptors (Lipinski definition) is 6. The zero-order chi connectivity index (χ0) is 16.0. The first kappa shape index (κ1) is 15.4. The molecule has 2 heterocycles. The van der Waals surface area contributed by atoms with E-state index >= 15 is 0 Å². The molecule has 23 heavy (non-hydrogen) atoms. The summed E-state index contributed by atoms with van der Waals surface area (Å²) in [5.41, 5.74) is 0. The van der Waals surface area contributed by atoms with Gasteiger partial charge in [0.25, 0.3) is 0 Å². The molecule has 128 valence electrons. The number of likely N-dealkylation sites (N-methyl/N-ethyl adjacent to an activating group) is 1. The van der Waals surface area contributed by atoms with Crippen molar-refractivity contribution < 1.29 is 9.15 Å². The highest BCUT2D eigenvalue weighted by Crippen LogP contribution is 2.41. The van der Waals surface area contributed by atoms with Gasteiger partial charge in [-0.2, -0.15) is 0 Å². The molecule has 4 atom stereocenters. The normalized spacial score (nSPS) is 34.2. The minimum Gasteiger partial charge on any atom is -0.408 e. The third-order valence-electron chi connectivity index (χ3n) is 5.78. The predicted octanol–water partition coefficient (Wildman–Crippen LogP) is 1.95. The number of aryl methyl sites for hydroxylation is 1. The number of hydrogen-bond donors (Lipinski definition) is 0. The van der Waals surface area contributed by atoms with E-state index in [4.69, 9.17) is 9.15 Å². The van der Waals surface area contributed by atoms with E-state index < -0.39 is 0 Å². The number of aromatic nitrogens is 2. The fraction of sp³-hybridized carbons (Fsp3) is 0.882. The van der Waals surface area contributed by atoms with Crippen molar-refractivity contribution in [3.8, 4) is 0 Å². The van der Waals surface area contributed by atoms with Gasteiger partial charge in [-0.1, -0.05) is 5.10 Å². The Labute approximate surface area is 138 Å². The van der Waals surface area contributed by atoms with Gasteiger partial charge in [-0.25, -0.2) is 0 Å². The Morgan fingerprint density at radius 3 is 2.52 bits per heavy atom. The Hall–Kier alpha value is -1.14. The standard InChI is InChI=1S/C17H28N4O2/c1-11-18-19-17(23-11)21-8-13-6-15(20(2)3)16(7-14(13)9-21)22-10-12-4-5-12/h12-16H,4-10H2,1-3H3/t13-,14+,15-,16-/m1/s1. The highest BCUT2D eigenvalue weighted by atomic mass is 16.5.